The molecule has 0 radical (unpaired) electrons. The highest BCUT2D eigenvalue weighted by Gasteiger charge is 2.06. The van der Waals surface area contributed by atoms with Crippen LogP contribution >= 0.6 is 15.9 Å². The molecule has 0 saturated carbocycles. The third kappa shape index (κ3) is 2.76. The molecule has 2 aromatic rings. The van der Waals surface area contributed by atoms with Gasteiger partial charge in [0.05, 0.1) is 11.9 Å². The minimum atomic E-state index is -0.282. The number of aryl methyl sites for hydroxylation is 1. The quantitative estimate of drug-likeness (QED) is 0.946. The Morgan fingerprint density at radius 3 is 3.00 bits per heavy atom. The largest absolute Gasteiger partial charge is 0.379 e. The standard InChI is InChI=1S/C12H11BrFN3O/c1-17-12(18)11(13)10(7-16-17)15-6-8-3-2-4-9(14)5-8/h2-5,7,15H,6H2,1H3. The number of benzene rings is 1. The van der Waals surface area contributed by atoms with Gasteiger partial charge in [0.1, 0.15) is 10.3 Å². The Balaban J connectivity index is 2.16. The summed E-state index contributed by atoms with van der Waals surface area (Å²) in [6.07, 6.45) is 1.55. The van der Waals surface area contributed by atoms with E-state index in [-0.39, 0.29) is 11.4 Å². The van der Waals surface area contributed by atoms with Crippen molar-refractivity contribution in [2.75, 3.05) is 5.32 Å². The average Bonchev–Trinajstić information content (AvgIpc) is 2.35. The van der Waals surface area contributed by atoms with E-state index < -0.39 is 0 Å². The smallest absolute Gasteiger partial charge is 0.282 e. The van der Waals surface area contributed by atoms with Gasteiger partial charge in [0.25, 0.3) is 5.56 Å². The van der Waals surface area contributed by atoms with E-state index >= 15 is 0 Å². The molecule has 1 aromatic carbocycles. The summed E-state index contributed by atoms with van der Waals surface area (Å²) in [5.41, 5.74) is 1.16. The Hall–Kier alpha value is -1.69. The molecular weight excluding hydrogens is 301 g/mol. The number of hydrogen-bond donors (Lipinski definition) is 1. The van der Waals surface area contributed by atoms with Crippen LogP contribution in [0.25, 0.3) is 0 Å². The third-order valence-electron chi connectivity index (χ3n) is 2.45. The molecule has 1 heterocycles. The third-order valence-corrected chi connectivity index (χ3v) is 3.22. The minimum absolute atomic E-state index is 0.223. The van der Waals surface area contributed by atoms with Crippen molar-refractivity contribution in [3.05, 3.63) is 56.7 Å². The normalized spacial score (nSPS) is 10.4. The lowest BCUT2D eigenvalue weighted by atomic mass is 10.2. The zero-order valence-corrected chi connectivity index (χ0v) is 11.2. The van der Waals surface area contributed by atoms with Gasteiger partial charge in [-0.15, -0.1) is 0 Å². The lowest BCUT2D eigenvalue weighted by Crippen LogP contribution is -2.21. The maximum atomic E-state index is 13.0. The number of halogens is 2. The lowest BCUT2D eigenvalue weighted by Gasteiger charge is -2.08. The Kier molecular flexibility index (Phi) is 3.76. The number of hydrogen-bond acceptors (Lipinski definition) is 3. The van der Waals surface area contributed by atoms with E-state index in [0.717, 1.165) is 5.56 Å². The van der Waals surface area contributed by atoms with Crippen LogP contribution < -0.4 is 10.9 Å². The van der Waals surface area contributed by atoms with Gasteiger partial charge >= 0.3 is 0 Å². The molecule has 0 aliphatic heterocycles. The van der Waals surface area contributed by atoms with Gasteiger partial charge in [-0.3, -0.25) is 4.79 Å². The van der Waals surface area contributed by atoms with Crippen molar-refractivity contribution in [3.8, 4) is 0 Å². The van der Waals surface area contributed by atoms with Crippen LogP contribution in [-0.2, 0) is 13.6 Å². The number of nitrogens with zero attached hydrogens (tertiary/aromatic N) is 2. The molecule has 0 unspecified atom stereocenters. The molecule has 2 rings (SSSR count). The molecule has 0 aliphatic carbocycles. The first kappa shape index (κ1) is 12.8. The lowest BCUT2D eigenvalue weighted by molar-refractivity contribution is 0.626. The highest BCUT2D eigenvalue weighted by molar-refractivity contribution is 9.10. The monoisotopic (exact) mass is 311 g/mol. The molecule has 0 saturated heterocycles. The van der Waals surface area contributed by atoms with Crippen molar-refractivity contribution in [2.45, 2.75) is 6.54 Å². The second-order valence-corrected chi connectivity index (χ2v) is 4.58. The SMILES string of the molecule is Cn1ncc(NCc2cccc(F)c2)c(Br)c1=O. The number of anilines is 1. The van der Waals surface area contributed by atoms with Gasteiger partial charge in [-0.05, 0) is 33.6 Å². The molecule has 0 fully saturated rings. The fourth-order valence-corrected chi connectivity index (χ4v) is 1.98. The van der Waals surface area contributed by atoms with Crippen LogP contribution in [0.4, 0.5) is 10.1 Å². The van der Waals surface area contributed by atoms with E-state index in [1.165, 1.54) is 16.8 Å². The van der Waals surface area contributed by atoms with Gasteiger partial charge in [0.15, 0.2) is 0 Å². The number of aromatic nitrogens is 2. The Bertz CT molecular complexity index is 627. The highest BCUT2D eigenvalue weighted by atomic mass is 79.9. The second-order valence-electron chi connectivity index (χ2n) is 3.78. The zero-order chi connectivity index (χ0) is 13.1. The maximum Gasteiger partial charge on any atom is 0.282 e. The topological polar surface area (TPSA) is 46.9 Å². The van der Waals surface area contributed by atoms with E-state index in [2.05, 4.69) is 26.3 Å². The van der Waals surface area contributed by atoms with Crippen molar-refractivity contribution in [1.82, 2.24) is 9.78 Å². The Labute approximate surface area is 112 Å². The summed E-state index contributed by atoms with van der Waals surface area (Å²) < 4.78 is 14.6. The molecule has 0 amide bonds. The summed E-state index contributed by atoms with van der Waals surface area (Å²) in [7, 11) is 1.57. The average molecular weight is 312 g/mol. The van der Waals surface area contributed by atoms with Crippen molar-refractivity contribution in [3.63, 3.8) is 0 Å². The summed E-state index contributed by atoms with van der Waals surface area (Å²) in [5, 5.41) is 6.94. The van der Waals surface area contributed by atoms with Crippen LogP contribution in [0.3, 0.4) is 0 Å². The van der Waals surface area contributed by atoms with Gasteiger partial charge in [-0.1, -0.05) is 12.1 Å². The van der Waals surface area contributed by atoms with Crippen LogP contribution in [0.1, 0.15) is 5.56 Å². The van der Waals surface area contributed by atoms with Gasteiger partial charge in [-0.25, -0.2) is 9.07 Å². The summed E-state index contributed by atoms with van der Waals surface area (Å²) >= 11 is 3.21. The van der Waals surface area contributed by atoms with Crippen LogP contribution in [0.15, 0.2) is 39.7 Å². The molecule has 0 aliphatic rings. The fourth-order valence-electron chi connectivity index (χ4n) is 1.48. The van der Waals surface area contributed by atoms with E-state index in [1.807, 2.05) is 0 Å². The number of nitrogens with one attached hydrogen (secondary N) is 1. The van der Waals surface area contributed by atoms with Crippen LogP contribution in [0.2, 0.25) is 0 Å². The van der Waals surface area contributed by atoms with Gasteiger partial charge in [0, 0.05) is 13.6 Å². The fraction of sp³-hybridized carbons (Fsp3) is 0.167. The van der Waals surface area contributed by atoms with Gasteiger partial charge in [0.2, 0.25) is 0 Å². The minimum Gasteiger partial charge on any atom is -0.379 e. The molecular formula is C12H11BrFN3O. The molecule has 4 nitrogen and oxygen atoms in total. The maximum absolute atomic E-state index is 13.0. The molecule has 0 atom stereocenters. The van der Waals surface area contributed by atoms with Crippen LogP contribution in [0.5, 0.6) is 0 Å². The van der Waals surface area contributed by atoms with Crippen molar-refractivity contribution in [2.24, 2.45) is 7.05 Å². The first-order chi connectivity index (χ1) is 8.58. The molecule has 6 heteroatoms. The molecule has 1 N–H and O–H groups in total. The number of rotatable bonds is 3. The van der Waals surface area contributed by atoms with Crippen molar-refractivity contribution < 1.29 is 4.39 Å². The predicted molar refractivity (Wildman–Crippen MR) is 70.9 cm³/mol. The second kappa shape index (κ2) is 5.30. The van der Waals surface area contributed by atoms with Crippen molar-refractivity contribution in [1.29, 1.82) is 0 Å². The molecule has 0 bridgehead atoms. The predicted octanol–water partition coefficient (Wildman–Crippen LogP) is 2.29. The van der Waals surface area contributed by atoms with Crippen LogP contribution in [0, 0.1) is 5.82 Å². The molecule has 94 valence electrons. The molecule has 1 aromatic heterocycles. The Morgan fingerprint density at radius 1 is 1.50 bits per heavy atom. The molecule has 0 spiro atoms. The summed E-state index contributed by atoms with van der Waals surface area (Å²) in [6, 6.07) is 6.27. The van der Waals surface area contributed by atoms with E-state index in [9.17, 15) is 9.18 Å². The van der Waals surface area contributed by atoms with Crippen LogP contribution in [-0.4, -0.2) is 9.78 Å². The Morgan fingerprint density at radius 2 is 2.28 bits per heavy atom. The van der Waals surface area contributed by atoms with E-state index in [4.69, 9.17) is 0 Å². The van der Waals surface area contributed by atoms with Crippen molar-refractivity contribution >= 4 is 21.6 Å². The van der Waals surface area contributed by atoms with E-state index in [1.54, 1.807) is 25.4 Å². The first-order valence-corrected chi connectivity index (χ1v) is 6.07. The molecule has 18 heavy (non-hydrogen) atoms. The first-order valence-electron chi connectivity index (χ1n) is 5.28. The van der Waals surface area contributed by atoms with Gasteiger partial charge in [-0.2, -0.15) is 5.10 Å². The summed E-state index contributed by atoms with van der Waals surface area (Å²) in [5.74, 6) is -0.282. The summed E-state index contributed by atoms with van der Waals surface area (Å²) in [6.45, 7) is 0.422. The van der Waals surface area contributed by atoms with E-state index in [0.29, 0.717) is 16.7 Å². The summed E-state index contributed by atoms with van der Waals surface area (Å²) in [4.78, 5) is 11.6. The zero-order valence-electron chi connectivity index (χ0n) is 9.65. The van der Waals surface area contributed by atoms with Gasteiger partial charge < -0.3 is 5.32 Å². The highest BCUT2D eigenvalue weighted by Crippen LogP contribution is 2.17.